The minimum atomic E-state index is -2.70. The molecular weight excluding hydrogens is 232 g/mol. The largest absolute Gasteiger partial charge is 0.294 e. The van der Waals surface area contributed by atoms with E-state index in [9.17, 15) is 18.9 Å². The van der Waals surface area contributed by atoms with Crippen LogP contribution < -0.4 is 0 Å². The molecule has 0 bridgehead atoms. The SMILES string of the molecule is O=[N+]([O-])c1ccccc1-n1ccc(C(F)F)n1. The fraction of sp³-hybridized carbons (Fsp3) is 0.100. The molecule has 0 fully saturated rings. The van der Waals surface area contributed by atoms with E-state index < -0.39 is 17.0 Å². The summed E-state index contributed by atoms with van der Waals surface area (Å²) in [5, 5.41) is 14.3. The van der Waals surface area contributed by atoms with Crippen LogP contribution in [0, 0.1) is 10.1 Å². The number of nitro benzene ring substituents is 1. The van der Waals surface area contributed by atoms with Crippen LogP contribution in [0.25, 0.3) is 5.69 Å². The molecule has 0 atom stereocenters. The normalized spacial score (nSPS) is 10.8. The predicted octanol–water partition coefficient (Wildman–Crippen LogP) is 2.72. The lowest BCUT2D eigenvalue weighted by Gasteiger charge is -2.01. The quantitative estimate of drug-likeness (QED) is 0.611. The first-order valence-corrected chi connectivity index (χ1v) is 4.67. The maximum Gasteiger partial charge on any atom is 0.294 e. The van der Waals surface area contributed by atoms with Crippen molar-refractivity contribution in [3.05, 3.63) is 52.3 Å². The van der Waals surface area contributed by atoms with Crippen LogP contribution in [0.4, 0.5) is 14.5 Å². The van der Waals surface area contributed by atoms with Gasteiger partial charge in [-0.25, -0.2) is 13.5 Å². The zero-order chi connectivity index (χ0) is 12.4. The van der Waals surface area contributed by atoms with Crippen molar-refractivity contribution in [2.24, 2.45) is 0 Å². The second kappa shape index (κ2) is 4.28. The van der Waals surface area contributed by atoms with Gasteiger partial charge in [0.05, 0.1) is 4.92 Å². The van der Waals surface area contributed by atoms with Crippen molar-refractivity contribution in [2.45, 2.75) is 6.43 Å². The first-order chi connectivity index (χ1) is 8.09. The molecule has 0 aliphatic rings. The van der Waals surface area contributed by atoms with Gasteiger partial charge in [-0.15, -0.1) is 0 Å². The summed E-state index contributed by atoms with van der Waals surface area (Å²) in [4.78, 5) is 10.2. The second-order valence-corrected chi connectivity index (χ2v) is 3.23. The van der Waals surface area contributed by atoms with Crippen LogP contribution in [0.15, 0.2) is 36.5 Å². The van der Waals surface area contributed by atoms with Crippen LogP contribution in [0.5, 0.6) is 0 Å². The number of benzene rings is 1. The second-order valence-electron chi connectivity index (χ2n) is 3.23. The van der Waals surface area contributed by atoms with Crippen LogP contribution in [-0.2, 0) is 0 Å². The lowest BCUT2D eigenvalue weighted by Crippen LogP contribution is -2.01. The highest BCUT2D eigenvalue weighted by molar-refractivity contribution is 5.51. The van der Waals surface area contributed by atoms with Crippen molar-refractivity contribution in [3.63, 3.8) is 0 Å². The van der Waals surface area contributed by atoms with Gasteiger partial charge in [0.25, 0.3) is 12.1 Å². The Morgan fingerprint density at radius 2 is 2.00 bits per heavy atom. The maximum atomic E-state index is 12.3. The average Bonchev–Trinajstić information content (AvgIpc) is 2.78. The van der Waals surface area contributed by atoms with Crippen molar-refractivity contribution in [3.8, 4) is 5.69 Å². The summed E-state index contributed by atoms with van der Waals surface area (Å²) < 4.78 is 25.8. The fourth-order valence-electron chi connectivity index (χ4n) is 1.40. The van der Waals surface area contributed by atoms with Crippen molar-refractivity contribution >= 4 is 5.69 Å². The third-order valence-corrected chi connectivity index (χ3v) is 2.16. The van der Waals surface area contributed by atoms with Crippen molar-refractivity contribution in [1.82, 2.24) is 9.78 Å². The first kappa shape index (κ1) is 11.2. The summed E-state index contributed by atoms with van der Waals surface area (Å²) >= 11 is 0. The van der Waals surface area contributed by atoms with Gasteiger partial charge in [0.15, 0.2) is 0 Å². The molecule has 0 spiro atoms. The molecule has 88 valence electrons. The smallest absolute Gasteiger partial charge is 0.258 e. The van der Waals surface area contributed by atoms with E-state index in [1.807, 2.05) is 0 Å². The molecule has 0 radical (unpaired) electrons. The molecule has 1 aromatic heterocycles. The summed E-state index contributed by atoms with van der Waals surface area (Å²) in [6, 6.07) is 6.94. The molecule has 1 heterocycles. The fourth-order valence-corrected chi connectivity index (χ4v) is 1.40. The van der Waals surface area contributed by atoms with Crippen LogP contribution in [0.3, 0.4) is 0 Å². The Morgan fingerprint density at radius 1 is 1.29 bits per heavy atom. The molecule has 2 aromatic rings. The topological polar surface area (TPSA) is 61.0 Å². The van der Waals surface area contributed by atoms with Crippen molar-refractivity contribution in [1.29, 1.82) is 0 Å². The van der Waals surface area contributed by atoms with Gasteiger partial charge in [-0.05, 0) is 12.1 Å². The van der Waals surface area contributed by atoms with Crippen LogP contribution in [0.1, 0.15) is 12.1 Å². The van der Waals surface area contributed by atoms with E-state index in [2.05, 4.69) is 5.10 Å². The summed E-state index contributed by atoms with van der Waals surface area (Å²) in [5.41, 5.74) is -0.441. The molecule has 0 saturated carbocycles. The number of nitro groups is 1. The van der Waals surface area contributed by atoms with E-state index in [-0.39, 0.29) is 11.4 Å². The zero-order valence-electron chi connectivity index (χ0n) is 8.46. The number of halogens is 2. The monoisotopic (exact) mass is 239 g/mol. The zero-order valence-corrected chi connectivity index (χ0v) is 8.46. The lowest BCUT2D eigenvalue weighted by atomic mass is 10.3. The van der Waals surface area contributed by atoms with E-state index >= 15 is 0 Å². The van der Waals surface area contributed by atoms with E-state index in [0.717, 1.165) is 10.7 Å². The molecule has 0 amide bonds. The van der Waals surface area contributed by atoms with Gasteiger partial charge in [0.2, 0.25) is 0 Å². The Labute approximate surface area is 94.4 Å². The first-order valence-electron chi connectivity index (χ1n) is 4.67. The standard InChI is InChI=1S/C10H7F2N3O2/c11-10(12)7-5-6-14(13-7)8-3-1-2-4-9(8)15(16)17/h1-6,10H. The predicted molar refractivity (Wildman–Crippen MR) is 55.2 cm³/mol. The molecular formula is C10H7F2N3O2. The Balaban J connectivity index is 2.49. The molecule has 0 unspecified atom stereocenters. The highest BCUT2D eigenvalue weighted by Gasteiger charge is 2.17. The Kier molecular flexibility index (Phi) is 2.82. The lowest BCUT2D eigenvalue weighted by molar-refractivity contribution is -0.384. The third-order valence-electron chi connectivity index (χ3n) is 2.16. The minimum absolute atomic E-state index is 0.157. The number of nitrogens with zero attached hydrogens (tertiary/aromatic N) is 3. The Hall–Kier alpha value is -2.31. The van der Waals surface area contributed by atoms with E-state index in [1.54, 1.807) is 6.07 Å². The minimum Gasteiger partial charge on any atom is -0.258 e. The van der Waals surface area contributed by atoms with Gasteiger partial charge in [0, 0.05) is 12.3 Å². The van der Waals surface area contributed by atoms with Gasteiger partial charge < -0.3 is 0 Å². The number of hydrogen-bond donors (Lipinski definition) is 0. The summed E-state index contributed by atoms with van der Waals surface area (Å²) in [5.74, 6) is 0. The van der Waals surface area contributed by atoms with Gasteiger partial charge in [0.1, 0.15) is 11.4 Å². The van der Waals surface area contributed by atoms with Gasteiger partial charge >= 0.3 is 0 Å². The molecule has 1 aromatic carbocycles. The summed E-state index contributed by atoms with van der Waals surface area (Å²) in [7, 11) is 0. The van der Waals surface area contributed by atoms with Crippen molar-refractivity contribution in [2.75, 3.05) is 0 Å². The van der Waals surface area contributed by atoms with Crippen LogP contribution in [-0.4, -0.2) is 14.7 Å². The number of alkyl halides is 2. The number of rotatable bonds is 3. The maximum absolute atomic E-state index is 12.3. The number of para-hydroxylation sites is 2. The molecule has 0 aliphatic carbocycles. The molecule has 0 N–H and O–H groups in total. The Bertz CT molecular complexity index is 554. The summed E-state index contributed by atoms with van der Waals surface area (Å²) in [6.07, 6.45) is -1.43. The number of hydrogen-bond acceptors (Lipinski definition) is 3. The van der Waals surface area contributed by atoms with Gasteiger partial charge in [-0.3, -0.25) is 10.1 Å². The van der Waals surface area contributed by atoms with E-state index in [0.29, 0.717) is 0 Å². The highest BCUT2D eigenvalue weighted by Crippen LogP contribution is 2.23. The third kappa shape index (κ3) is 2.12. The highest BCUT2D eigenvalue weighted by atomic mass is 19.3. The molecule has 0 saturated heterocycles. The van der Waals surface area contributed by atoms with Crippen molar-refractivity contribution < 1.29 is 13.7 Å². The number of aromatic nitrogens is 2. The molecule has 5 nitrogen and oxygen atoms in total. The van der Waals surface area contributed by atoms with Crippen LogP contribution in [0.2, 0.25) is 0 Å². The van der Waals surface area contributed by atoms with Gasteiger partial charge in [-0.1, -0.05) is 12.1 Å². The molecule has 7 heteroatoms. The molecule has 17 heavy (non-hydrogen) atoms. The summed E-state index contributed by atoms with van der Waals surface area (Å²) in [6.45, 7) is 0. The Morgan fingerprint density at radius 3 is 2.59 bits per heavy atom. The van der Waals surface area contributed by atoms with E-state index in [4.69, 9.17) is 0 Å². The van der Waals surface area contributed by atoms with E-state index in [1.165, 1.54) is 24.4 Å². The van der Waals surface area contributed by atoms with Crippen LogP contribution >= 0.6 is 0 Å². The van der Waals surface area contributed by atoms with Gasteiger partial charge in [-0.2, -0.15) is 5.10 Å². The molecule has 2 rings (SSSR count). The average molecular weight is 239 g/mol. The molecule has 0 aliphatic heterocycles.